The fraction of sp³-hybridized carbons (Fsp3) is 0.167. The van der Waals surface area contributed by atoms with E-state index in [1.807, 2.05) is 81.4 Å². The van der Waals surface area contributed by atoms with Crippen LogP contribution in [0.15, 0.2) is 85.5 Å². The van der Waals surface area contributed by atoms with Crippen LogP contribution in [0.25, 0.3) is 44.6 Å². The van der Waals surface area contributed by atoms with Crippen LogP contribution in [-0.4, -0.2) is 46.5 Å². The number of aromatic nitrogens is 6. The summed E-state index contributed by atoms with van der Waals surface area (Å²) in [6.45, 7) is 5.47. The second-order valence-electron chi connectivity index (χ2n) is 9.67. The first kappa shape index (κ1) is 31.3. The van der Waals surface area contributed by atoms with Crippen LogP contribution >= 0.6 is 46.4 Å². The smallest absolute Gasteiger partial charge is 0.419 e. The summed E-state index contributed by atoms with van der Waals surface area (Å²) in [6, 6.07) is 19.5. The number of hydrogen-bond donors (Lipinski definition) is 1. The van der Waals surface area contributed by atoms with Gasteiger partial charge in [0.1, 0.15) is 17.0 Å². The van der Waals surface area contributed by atoms with E-state index in [0.717, 1.165) is 27.5 Å². The molecular formula is C30H26Cl4N6O2. The number of halogens is 4. The zero-order chi connectivity index (χ0) is 30.3. The molecule has 4 aromatic heterocycles. The predicted molar refractivity (Wildman–Crippen MR) is 171 cm³/mol. The number of hydrogen-bond acceptors (Lipinski definition) is 6. The lowest BCUT2D eigenvalue weighted by molar-refractivity contribution is 0.0547. The first-order valence-electron chi connectivity index (χ1n) is 12.6. The molecule has 0 aliphatic carbocycles. The Bertz CT molecular complexity index is 1780. The third kappa shape index (κ3) is 7.57. The van der Waals surface area contributed by atoms with Crippen molar-refractivity contribution in [1.82, 2.24) is 29.5 Å². The number of carbonyl (C=O) groups is 1. The number of nitrogens with zero attached hydrogens (tertiary/aromatic N) is 5. The molecule has 6 aromatic rings. The monoisotopic (exact) mass is 642 g/mol. The minimum absolute atomic E-state index is 0.194. The van der Waals surface area contributed by atoms with Gasteiger partial charge in [-0.25, -0.2) is 29.3 Å². The Labute approximate surface area is 262 Å². The molecule has 0 atom stereocenters. The number of aromatic amines is 1. The van der Waals surface area contributed by atoms with Crippen LogP contribution in [0.2, 0.25) is 10.3 Å². The topological polar surface area (TPSA) is 98.6 Å². The quantitative estimate of drug-likeness (QED) is 0.189. The minimum atomic E-state index is -0.605. The molecule has 42 heavy (non-hydrogen) atoms. The highest BCUT2D eigenvalue weighted by Crippen LogP contribution is 2.31. The summed E-state index contributed by atoms with van der Waals surface area (Å²) in [5.41, 5.74) is 3.76. The van der Waals surface area contributed by atoms with Crippen LogP contribution in [0.3, 0.4) is 0 Å². The Morgan fingerprint density at radius 1 is 0.810 bits per heavy atom. The number of benzene rings is 2. The first-order valence-corrected chi connectivity index (χ1v) is 14.4. The number of alkyl halides is 2. The van der Waals surface area contributed by atoms with Gasteiger partial charge in [0, 0.05) is 41.1 Å². The summed E-state index contributed by atoms with van der Waals surface area (Å²) in [7, 11) is 0. The number of para-hydroxylation sites is 2. The molecule has 0 amide bonds. The van der Waals surface area contributed by atoms with E-state index in [1.54, 1.807) is 12.4 Å². The molecule has 0 aliphatic heterocycles. The summed E-state index contributed by atoms with van der Waals surface area (Å²) in [5, 5.41) is 2.88. The fourth-order valence-electron chi connectivity index (χ4n) is 4.03. The zero-order valence-corrected chi connectivity index (χ0v) is 25.9. The van der Waals surface area contributed by atoms with E-state index in [-0.39, 0.29) is 10.5 Å². The lowest BCUT2D eigenvalue weighted by Crippen LogP contribution is -2.27. The molecule has 4 heterocycles. The molecule has 0 saturated carbocycles. The molecule has 6 rings (SSSR count). The van der Waals surface area contributed by atoms with Crippen molar-refractivity contribution >= 4 is 74.3 Å². The standard InChI is InChI=1S/C17H16ClN3O2.C12H8ClN3.CH2Cl2/c1-17(2,3)23-16(22)21-12-7-5-4-6-11(12)10-13(21)14-15(18)20-9-8-19-14;13-12-11(14-5-6-15-12)10-7-8-3-1-2-4-9(8)16-10;2-1-3/h4-10H,1-3H3;1-7,16H;1H2. The van der Waals surface area contributed by atoms with Gasteiger partial charge in [-0.05, 0) is 45.0 Å². The van der Waals surface area contributed by atoms with Crippen LogP contribution < -0.4 is 0 Å². The maximum Gasteiger partial charge on any atom is 0.419 e. The normalized spacial score (nSPS) is 10.9. The van der Waals surface area contributed by atoms with Crippen LogP contribution in [0.1, 0.15) is 20.8 Å². The van der Waals surface area contributed by atoms with Gasteiger partial charge in [0.15, 0.2) is 10.3 Å². The van der Waals surface area contributed by atoms with Gasteiger partial charge in [-0.15, -0.1) is 23.2 Å². The number of ether oxygens (including phenoxy) is 1. The molecule has 0 radical (unpaired) electrons. The molecule has 216 valence electrons. The predicted octanol–water partition coefficient (Wildman–Crippen LogP) is 9.23. The van der Waals surface area contributed by atoms with Crippen LogP contribution in [0.4, 0.5) is 4.79 Å². The molecule has 0 saturated heterocycles. The first-order chi connectivity index (χ1) is 20.1. The second kappa shape index (κ2) is 14.0. The largest absolute Gasteiger partial charge is 0.443 e. The fourth-order valence-corrected chi connectivity index (χ4v) is 4.44. The highest BCUT2D eigenvalue weighted by molar-refractivity contribution is 6.40. The summed E-state index contributed by atoms with van der Waals surface area (Å²) in [6.07, 6.45) is 5.78. The van der Waals surface area contributed by atoms with E-state index < -0.39 is 11.7 Å². The van der Waals surface area contributed by atoms with Gasteiger partial charge in [-0.1, -0.05) is 59.6 Å². The second-order valence-corrected chi connectivity index (χ2v) is 11.2. The third-order valence-electron chi connectivity index (χ3n) is 5.62. The van der Waals surface area contributed by atoms with Crippen molar-refractivity contribution in [3.05, 3.63) is 95.8 Å². The van der Waals surface area contributed by atoms with Crippen LogP contribution in [0, 0.1) is 0 Å². The van der Waals surface area contributed by atoms with E-state index >= 15 is 0 Å². The van der Waals surface area contributed by atoms with Crippen molar-refractivity contribution in [3.8, 4) is 22.8 Å². The highest BCUT2D eigenvalue weighted by Gasteiger charge is 2.24. The average Bonchev–Trinajstić information content (AvgIpc) is 3.55. The molecular weight excluding hydrogens is 618 g/mol. The highest BCUT2D eigenvalue weighted by atomic mass is 35.5. The summed E-state index contributed by atoms with van der Waals surface area (Å²) < 4.78 is 7.01. The maximum atomic E-state index is 12.7. The average molecular weight is 644 g/mol. The van der Waals surface area contributed by atoms with Gasteiger partial charge in [-0.3, -0.25) is 0 Å². The molecule has 12 heteroatoms. The number of fused-ring (bicyclic) bond motifs is 2. The Kier molecular flexibility index (Phi) is 10.4. The third-order valence-corrected chi connectivity index (χ3v) is 6.17. The van der Waals surface area contributed by atoms with Gasteiger partial charge in [0.05, 0.1) is 22.2 Å². The van der Waals surface area contributed by atoms with E-state index in [0.29, 0.717) is 22.2 Å². The molecule has 0 aliphatic rings. The molecule has 2 aromatic carbocycles. The molecule has 0 bridgehead atoms. The van der Waals surface area contributed by atoms with Gasteiger partial charge in [0.2, 0.25) is 0 Å². The Balaban J connectivity index is 0.000000185. The number of rotatable bonds is 2. The molecule has 0 unspecified atom stereocenters. The van der Waals surface area contributed by atoms with Gasteiger partial charge >= 0.3 is 6.09 Å². The van der Waals surface area contributed by atoms with Crippen molar-refractivity contribution in [1.29, 1.82) is 0 Å². The van der Waals surface area contributed by atoms with Crippen molar-refractivity contribution < 1.29 is 9.53 Å². The summed E-state index contributed by atoms with van der Waals surface area (Å²) in [4.78, 5) is 32.5. The van der Waals surface area contributed by atoms with E-state index in [9.17, 15) is 4.79 Å². The number of H-pyrrole nitrogens is 1. The van der Waals surface area contributed by atoms with Crippen molar-refractivity contribution in [2.24, 2.45) is 0 Å². The van der Waals surface area contributed by atoms with Crippen LogP contribution in [-0.2, 0) is 4.74 Å². The van der Waals surface area contributed by atoms with Gasteiger partial charge in [-0.2, -0.15) is 0 Å². The van der Waals surface area contributed by atoms with E-state index in [1.165, 1.54) is 17.0 Å². The summed E-state index contributed by atoms with van der Waals surface area (Å²) in [5.74, 6) is 0. The Morgan fingerprint density at radius 2 is 1.36 bits per heavy atom. The lowest BCUT2D eigenvalue weighted by Gasteiger charge is -2.21. The maximum absolute atomic E-state index is 12.7. The van der Waals surface area contributed by atoms with Crippen molar-refractivity contribution in [2.75, 3.05) is 5.34 Å². The van der Waals surface area contributed by atoms with E-state index in [2.05, 4.69) is 24.9 Å². The van der Waals surface area contributed by atoms with Crippen LogP contribution in [0.5, 0.6) is 0 Å². The van der Waals surface area contributed by atoms with Gasteiger partial charge < -0.3 is 9.72 Å². The van der Waals surface area contributed by atoms with Crippen molar-refractivity contribution in [2.45, 2.75) is 26.4 Å². The molecule has 0 fully saturated rings. The minimum Gasteiger partial charge on any atom is -0.443 e. The van der Waals surface area contributed by atoms with Crippen molar-refractivity contribution in [3.63, 3.8) is 0 Å². The molecule has 8 nitrogen and oxygen atoms in total. The Morgan fingerprint density at radius 3 is 1.95 bits per heavy atom. The SMILES string of the molecule is CC(C)(C)OC(=O)n1c(-c2nccnc2Cl)cc2ccccc21.ClCCl.Clc1nccnc1-c1cc2ccccc2[nH]1. The number of nitrogens with one attached hydrogen (secondary N) is 1. The molecule has 0 spiro atoms. The zero-order valence-electron chi connectivity index (χ0n) is 22.9. The van der Waals surface area contributed by atoms with E-state index in [4.69, 9.17) is 51.1 Å². The summed E-state index contributed by atoms with van der Waals surface area (Å²) >= 11 is 21.7. The van der Waals surface area contributed by atoms with Gasteiger partial charge in [0.25, 0.3) is 0 Å². The number of carbonyl (C=O) groups excluding carboxylic acids is 1. The lowest BCUT2D eigenvalue weighted by atomic mass is 10.2. The Hall–Kier alpha value is -3.69. The molecule has 1 N–H and O–H groups in total.